The van der Waals surface area contributed by atoms with Crippen LogP contribution in [0.1, 0.15) is 0 Å². The van der Waals surface area contributed by atoms with Crippen LogP contribution in [0.15, 0.2) is 121 Å². The number of hydrogen-bond donors (Lipinski definition) is 0. The second-order valence-electron chi connectivity index (χ2n) is 8.00. The molecule has 0 atom stereocenters. The summed E-state index contributed by atoms with van der Waals surface area (Å²) in [5.74, 6) is 0. The van der Waals surface area contributed by atoms with E-state index in [2.05, 4.69) is 114 Å². The average molecular weight is 430 g/mol. The standard InChI is InChI=1S/C30H20ClN/c31-25-16-12-21(13-17-25)23-6-5-7-24(20-23)22-14-18-26(19-15-22)32-29-10-3-1-8-27(29)28-9-2-4-11-30(28)32/h1-20H. The Morgan fingerprint density at radius 3 is 1.50 bits per heavy atom. The molecule has 6 rings (SSSR count). The Hall–Kier alpha value is -3.81. The van der Waals surface area contributed by atoms with E-state index in [0.29, 0.717) is 0 Å². The first-order valence-corrected chi connectivity index (χ1v) is 11.1. The van der Waals surface area contributed by atoms with Crippen LogP contribution in [0, 0.1) is 0 Å². The van der Waals surface area contributed by atoms with E-state index in [1.807, 2.05) is 12.1 Å². The van der Waals surface area contributed by atoms with Crippen molar-refractivity contribution in [3.63, 3.8) is 0 Å². The molecule has 0 radical (unpaired) electrons. The van der Waals surface area contributed by atoms with Crippen LogP contribution in [-0.4, -0.2) is 4.57 Å². The van der Waals surface area contributed by atoms with E-state index >= 15 is 0 Å². The summed E-state index contributed by atoms with van der Waals surface area (Å²) in [6.07, 6.45) is 0. The zero-order chi connectivity index (χ0) is 21.5. The molecule has 0 aliphatic carbocycles. The lowest BCUT2D eigenvalue weighted by molar-refractivity contribution is 1.18. The SMILES string of the molecule is Clc1ccc(-c2cccc(-c3ccc(-n4c5ccccc5c5ccccc54)cc3)c2)cc1. The van der Waals surface area contributed by atoms with Gasteiger partial charge in [0.15, 0.2) is 0 Å². The maximum Gasteiger partial charge on any atom is 0.0541 e. The van der Waals surface area contributed by atoms with Crippen molar-refractivity contribution in [3.05, 3.63) is 126 Å². The Balaban J connectivity index is 1.43. The van der Waals surface area contributed by atoms with Crippen LogP contribution < -0.4 is 0 Å². The minimum Gasteiger partial charge on any atom is -0.309 e. The molecule has 5 aromatic carbocycles. The van der Waals surface area contributed by atoms with Gasteiger partial charge in [-0.3, -0.25) is 0 Å². The molecule has 0 N–H and O–H groups in total. The number of hydrogen-bond acceptors (Lipinski definition) is 0. The molecule has 6 aromatic rings. The highest BCUT2D eigenvalue weighted by Gasteiger charge is 2.11. The second kappa shape index (κ2) is 7.71. The van der Waals surface area contributed by atoms with Gasteiger partial charge in [0.25, 0.3) is 0 Å². The maximum absolute atomic E-state index is 6.05. The predicted molar refractivity (Wildman–Crippen MR) is 137 cm³/mol. The number of halogens is 1. The van der Waals surface area contributed by atoms with Crippen molar-refractivity contribution in [1.29, 1.82) is 0 Å². The highest BCUT2D eigenvalue weighted by molar-refractivity contribution is 6.30. The summed E-state index contributed by atoms with van der Waals surface area (Å²) >= 11 is 6.05. The first kappa shape index (κ1) is 18.9. The average Bonchev–Trinajstić information content (AvgIpc) is 3.19. The Bertz CT molecular complexity index is 1500. The van der Waals surface area contributed by atoms with Gasteiger partial charge in [0.2, 0.25) is 0 Å². The molecule has 0 bridgehead atoms. The van der Waals surface area contributed by atoms with Crippen molar-refractivity contribution >= 4 is 33.4 Å². The molecule has 152 valence electrons. The van der Waals surface area contributed by atoms with E-state index in [9.17, 15) is 0 Å². The number of benzene rings is 5. The highest BCUT2D eigenvalue weighted by atomic mass is 35.5. The fourth-order valence-electron chi connectivity index (χ4n) is 4.52. The lowest BCUT2D eigenvalue weighted by Crippen LogP contribution is -1.93. The molecule has 1 aromatic heterocycles. The van der Waals surface area contributed by atoms with Gasteiger partial charge in [-0.1, -0.05) is 90.5 Å². The van der Waals surface area contributed by atoms with Gasteiger partial charge in [0, 0.05) is 21.5 Å². The number of para-hydroxylation sites is 2. The van der Waals surface area contributed by atoms with Gasteiger partial charge in [-0.05, 0) is 64.7 Å². The predicted octanol–water partition coefficient (Wildman–Crippen LogP) is 8.77. The zero-order valence-corrected chi connectivity index (χ0v) is 18.1. The van der Waals surface area contributed by atoms with Crippen LogP contribution in [0.5, 0.6) is 0 Å². The normalized spacial score (nSPS) is 11.3. The maximum atomic E-state index is 6.05. The summed E-state index contributed by atoms with van der Waals surface area (Å²) in [7, 11) is 0. The summed E-state index contributed by atoms with van der Waals surface area (Å²) < 4.78 is 2.35. The quantitative estimate of drug-likeness (QED) is 0.265. The molecule has 1 heterocycles. The van der Waals surface area contributed by atoms with Gasteiger partial charge < -0.3 is 4.57 Å². The zero-order valence-electron chi connectivity index (χ0n) is 17.4. The van der Waals surface area contributed by atoms with E-state index in [0.717, 1.165) is 10.6 Å². The minimum atomic E-state index is 0.755. The lowest BCUT2D eigenvalue weighted by Gasteiger charge is -2.10. The number of nitrogens with zero attached hydrogens (tertiary/aromatic N) is 1. The summed E-state index contributed by atoms with van der Waals surface area (Å²) in [5.41, 5.74) is 8.37. The van der Waals surface area contributed by atoms with Crippen molar-refractivity contribution in [2.45, 2.75) is 0 Å². The summed E-state index contributed by atoms with van der Waals surface area (Å²) in [6.45, 7) is 0. The van der Waals surface area contributed by atoms with Crippen LogP contribution in [0.4, 0.5) is 0 Å². The van der Waals surface area contributed by atoms with Gasteiger partial charge in [0.1, 0.15) is 0 Å². The van der Waals surface area contributed by atoms with Crippen molar-refractivity contribution in [1.82, 2.24) is 4.57 Å². The molecule has 0 aliphatic heterocycles. The molecule has 2 heteroatoms. The van der Waals surface area contributed by atoms with Gasteiger partial charge in [-0.25, -0.2) is 0 Å². The van der Waals surface area contributed by atoms with Gasteiger partial charge in [-0.2, -0.15) is 0 Å². The third kappa shape index (κ3) is 3.19. The monoisotopic (exact) mass is 429 g/mol. The molecule has 0 saturated heterocycles. The van der Waals surface area contributed by atoms with E-state index in [1.165, 1.54) is 44.2 Å². The third-order valence-corrected chi connectivity index (χ3v) is 6.33. The molecule has 0 amide bonds. The minimum absolute atomic E-state index is 0.755. The Kier molecular flexibility index (Phi) is 4.56. The highest BCUT2D eigenvalue weighted by Crippen LogP contribution is 2.33. The topological polar surface area (TPSA) is 4.93 Å². The largest absolute Gasteiger partial charge is 0.309 e. The number of rotatable bonds is 3. The summed E-state index contributed by atoms with van der Waals surface area (Å²) in [4.78, 5) is 0. The molecule has 0 unspecified atom stereocenters. The van der Waals surface area contributed by atoms with Crippen LogP contribution in [0.2, 0.25) is 5.02 Å². The van der Waals surface area contributed by atoms with Gasteiger partial charge in [-0.15, -0.1) is 0 Å². The molecule has 0 spiro atoms. The van der Waals surface area contributed by atoms with Crippen LogP contribution in [-0.2, 0) is 0 Å². The summed E-state index contributed by atoms with van der Waals surface area (Å²) in [5, 5.41) is 3.32. The Labute approximate surface area is 192 Å². The number of aromatic nitrogens is 1. The molecular formula is C30H20ClN. The first-order chi connectivity index (χ1) is 15.8. The van der Waals surface area contributed by atoms with E-state index in [4.69, 9.17) is 11.6 Å². The Morgan fingerprint density at radius 2 is 0.938 bits per heavy atom. The van der Waals surface area contributed by atoms with Crippen molar-refractivity contribution < 1.29 is 0 Å². The molecule has 0 fully saturated rings. The Morgan fingerprint density at radius 1 is 0.438 bits per heavy atom. The number of fused-ring (bicyclic) bond motifs is 3. The fourth-order valence-corrected chi connectivity index (χ4v) is 4.65. The molecule has 1 nitrogen and oxygen atoms in total. The third-order valence-electron chi connectivity index (χ3n) is 6.08. The smallest absolute Gasteiger partial charge is 0.0541 e. The van der Waals surface area contributed by atoms with E-state index < -0.39 is 0 Å². The van der Waals surface area contributed by atoms with E-state index in [1.54, 1.807) is 0 Å². The molecule has 0 saturated carbocycles. The lowest BCUT2D eigenvalue weighted by atomic mass is 9.99. The molecular weight excluding hydrogens is 410 g/mol. The first-order valence-electron chi connectivity index (χ1n) is 10.7. The molecule has 0 aliphatic rings. The fraction of sp³-hybridized carbons (Fsp3) is 0. The molecule has 32 heavy (non-hydrogen) atoms. The van der Waals surface area contributed by atoms with Crippen LogP contribution in [0.25, 0.3) is 49.7 Å². The summed E-state index contributed by atoms with van der Waals surface area (Å²) in [6, 6.07) is 42.7. The van der Waals surface area contributed by atoms with Crippen LogP contribution >= 0.6 is 11.6 Å². The van der Waals surface area contributed by atoms with Crippen molar-refractivity contribution in [3.8, 4) is 27.9 Å². The van der Waals surface area contributed by atoms with Crippen molar-refractivity contribution in [2.24, 2.45) is 0 Å². The van der Waals surface area contributed by atoms with Gasteiger partial charge >= 0.3 is 0 Å². The van der Waals surface area contributed by atoms with Gasteiger partial charge in [0.05, 0.1) is 11.0 Å². The van der Waals surface area contributed by atoms with Crippen molar-refractivity contribution in [2.75, 3.05) is 0 Å². The van der Waals surface area contributed by atoms with Crippen LogP contribution in [0.3, 0.4) is 0 Å². The van der Waals surface area contributed by atoms with E-state index in [-0.39, 0.29) is 0 Å². The second-order valence-corrected chi connectivity index (χ2v) is 8.44.